The first kappa shape index (κ1) is 19.3. The van der Waals surface area contributed by atoms with Gasteiger partial charge in [-0.1, -0.05) is 29.8 Å². The third-order valence-corrected chi connectivity index (χ3v) is 7.31. The number of amides is 1. The standard InChI is InChI=1S/C19H29N3O3S/c1-16-7-9-18(10-8-16)14-20-11-5-12-21(26(20,24)25)15-19(23)22-13-4-3-6-17(22)2/h7-10,17H,3-6,11-15H2,1-2H3/t17-/m0/s1. The highest BCUT2D eigenvalue weighted by atomic mass is 32.2. The second kappa shape index (κ2) is 8.06. The second-order valence-electron chi connectivity index (χ2n) is 7.45. The van der Waals surface area contributed by atoms with Crippen molar-refractivity contribution in [3.05, 3.63) is 35.4 Å². The third-order valence-electron chi connectivity index (χ3n) is 5.38. The van der Waals surface area contributed by atoms with Gasteiger partial charge in [0.15, 0.2) is 0 Å². The van der Waals surface area contributed by atoms with Crippen LogP contribution in [0.15, 0.2) is 24.3 Å². The molecule has 144 valence electrons. The number of likely N-dealkylation sites (tertiary alicyclic amines) is 1. The molecule has 0 aliphatic carbocycles. The Labute approximate surface area is 157 Å². The van der Waals surface area contributed by atoms with Crippen LogP contribution in [0.2, 0.25) is 0 Å². The Hall–Kier alpha value is -1.44. The average Bonchev–Trinajstić information content (AvgIpc) is 2.60. The van der Waals surface area contributed by atoms with Crippen LogP contribution in [0.4, 0.5) is 0 Å². The van der Waals surface area contributed by atoms with Gasteiger partial charge < -0.3 is 4.90 Å². The molecule has 0 spiro atoms. The number of aryl methyl sites for hydroxylation is 1. The minimum absolute atomic E-state index is 0.0446. The lowest BCUT2D eigenvalue weighted by Gasteiger charge is -2.38. The quantitative estimate of drug-likeness (QED) is 0.805. The molecule has 3 rings (SSSR count). The maximum atomic E-state index is 13.0. The van der Waals surface area contributed by atoms with Crippen molar-refractivity contribution in [2.45, 2.75) is 52.1 Å². The number of rotatable bonds is 4. The number of nitrogens with zero attached hydrogens (tertiary/aromatic N) is 3. The van der Waals surface area contributed by atoms with Crippen LogP contribution in [0, 0.1) is 6.92 Å². The first-order chi connectivity index (χ1) is 12.4. The van der Waals surface area contributed by atoms with E-state index in [1.807, 2.05) is 43.0 Å². The van der Waals surface area contributed by atoms with Gasteiger partial charge in [-0.15, -0.1) is 0 Å². The summed E-state index contributed by atoms with van der Waals surface area (Å²) in [5, 5.41) is 0. The first-order valence-corrected chi connectivity index (χ1v) is 10.9. The van der Waals surface area contributed by atoms with Crippen LogP contribution in [0.1, 0.15) is 43.7 Å². The van der Waals surface area contributed by atoms with Crippen LogP contribution >= 0.6 is 0 Å². The largest absolute Gasteiger partial charge is 0.339 e. The molecule has 6 nitrogen and oxygen atoms in total. The fraction of sp³-hybridized carbons (Fsp3) is 0.632. The summed E-state index contributed by atoms with van der Waals surface area (Å²) in [5.74, 6) is -0.0713. The summed E-state index contributed by atoms with van der Waals surface area (Å²) in [5.41, 5.74) is 2.12. The van der Waals surface area contributed by atoms with Crippen LogP contribution in [0.25, 0.3) is 0 Å². The van der Waals surface area contributed by atoms with E-state index in [0.29, 0.717) is 19.6 Å². The number of hydrogen-bond acceptors (Lipinski definition) is 3. The Balaban J connectivity index is 1.68. The molecule has 0 N–H and O–H groups in total. The molecule has 2 aliphatic heterocycles. The van der Waals surface area contributed by atoms with E-state index in [0.717, 1.165) is 43.4 Å². The van der Waals surface area contributed by atoms with Gasteiger partial charge in [0.1, 0.15) is 0 Å². The Bertz CT molecular complexity index is 733. The van der Waals surface area contributed by atoms with Crippen LogP contribution in [0.5, 0.6) is 0 Å². The molecule has 1 amide bonds. The van der Waals surface area contributed by atoms with Crippen LogP contribution < -0.4 is 0 Å². The topological polar surface area (TPSA) is 60.9 Å². The lowest BCUT2D eigenvalue weighted by Crippen LogP contribution is -2.54. The summed E-state index contributed by atoms with van der Waals surface area (Å²) in [6.45, 7) is 6.02. The minimum Gasteiger partial charge on any atom is -0.339 e. The Morgan fingerprint density at radius 2 is 1.73 bits per heavy atom. The van der Waals surface area contributed by atoms with Gasteiger partial charge in [0.2, 0.25) is 5.91 Å². The maximum Gasteiger partial charge on any atom is 0.282 e. The van der Waals surface area contributed by atoms with E-state index in [4.69, 9.17) is 0 Å². The van der Waals surface area contributed by atoms with E-state index in [-0.39, 0.29) is 18.5 Å². The number of hydrogen-bond donors (Lipinski definition) is 0. The van der Waals surface area contributed by atoms with Crippen LogP contribution in [-0.2, 0) is 21.5 Å². The Kier molecular flexibility index (Phi) is 5.99. The molecule has 2 fully saturated rings. The van der Waals surface area contributed by atoms with Gasteiger partial charge in [-0.2, -0.15) is 17.0 Å². The fourth-order valence-corrected chi connectivity index (χ4v) is 5.38. The van der Waals surface area contributed by atoms with Crippen molar-refractivity contribution in [1.29, 1.82) is 0 Å². The molecule has 26 heavy (non-hydrogen) atoms. The highest BCUT2D eigenvalue weighted by Crippen LogP contribution is 2.21. The predicted octanol–water partition coefficient (Wildman–Crippen LogP) is 2.15. The van der Waals surface area contributed by atoms with Gasteiger partial charge in [0.05, 0.1) is 6.54 Å². The van der Waals surface area contributed by atoms with Crippen LogP contribution in [-0.4, -0.2) is 60.1 Å². The molecule has 2 saturated heterocycles. The monoisotopic (exact) mass is 379 g/mol. The van der Waals surface area contributed by atoms with E-state index in [9.17, 15) is 13.2 Å². The molecule has 0 saturated carbocycles. The molecule has 0 radical (unpaired) electrons. The molecule has 2 aliphatic rings. The third kappa shape index (κ3) is 4.27. The van der Waals surface area contributed by atoms with Crippen molar-refractivity contribution >= 4 is 16.1 Å². The molecule has 0 aromatic heterocycles. The zero-order chi connectivity index (χ0) is 18.7. The lowest BCUT2D eigenvalue weighted by molar-refractivity contribution is -0.134. The summed E-state index contributed by atoms with van der Waals surface area (Å²) < 4.78 is 28.8. The van der Waals surface area contributed by atoms with Gasteiger partial charge in [-0.25, -0.2) is 0 Å². The molecule has 2 heterocycles. The van der Waals surface area contributed by atoms with Crippen LogP contribution in [0.3, 0.4) is 0 Å². The van der Waals surface area contributed by atoms with Gasteiger partial charge >= 0.3 is 0 Å². The molecular weight excluding hydrogens is 350 g/mol. The molecule has 1 aromatic carbocycles. The molecule has 1 aromatic rings. The average molecular weight is 380 g/mol. The zero-order valence-electron chi connectivity index (χ0n) is 15.7. The minimum atomic E-state index is -3.60. The zero-order valence-corrected chi connectivity index (χ0v) is 16.5. The SMILES string of the molecule is Cc1ccc(CN2CCCN(CC(=O)N3CCCC[C@@H]3C)S2(=O)=O)cc1. The normalized spacial score (nSPS) is 24.5. The number of carbonyl (C=O) groups excluding carboxylic acids is 1. The fourth-order valence-electron chi connectivity index (χ4n) is 3.75. The number of benzene rings is 1. The van der Waals surface area contributed by atoms with Crippen molar-refractivity contribution in [3.63, 3.8) is 0 Å². The molecule has 7 heteroatoms. The van der Waals surface area contributed by atoms with Crippen molar-refractivity contribution in [3.8, 4) is 0 Å². The van der Waals surface area contributed by atoms with E-state index in [2.05, 4.69) is 0 Å². The summed E-state index contributed by atoms with van der Waals surface area (Å²) in [6.07, 6.45) is 3.88. The van der Waals surface area contributed by atoms with E-state index < -0.39 is 10.2 Å². The van der Waals surface area contributed by atoms with E-state index in [1.165, 1.54) is 8.61 Å². The maximum absolute atomic E-state index is 13.0. The molecule has 0 bridgehead atoms. The van der Waals surface area contributed by atoms with Gasteiger partial charge in [-0.3, -0.25) is 4.79 Å². The second-order valence-corrected chi connectivity index (χ2v) is 9.37. The lowest BCUT2D eigenvalue weighted by atomic mass is 10.0. The number of piperidine rings is 1. The number of carbonyl (C=O) groups is 1. The van der Waals surface area contributed by atoms with Crippen molar-refractivity contribution < 1.29 is 13.2 Å². The van der Waals surface area contributed by atoms with Gasteiger partial charge in [0, 0.05) is 32.2 Å². The Morgan fingerprint density at radius 3 is 2.42 bits per heavy atom. The molecular formula is C19H29N3O3S. The van der Waals surface area contributed by atoms with Crippen molar-refractivity contribution in [2.75, 3.05) is 26.2 Å². The summed E-state index contributed by atoms with van der Waals surface area (Å²) in [6, 6.07) is 8.11. The highest BCUT2D eigenvalue weighted by Gasteiger charge is 2.36. The van der Waals surface area contributed by atoms with E-state index >= 15 is 0 Å². The Morgan fingerprint density at radius 1 is 1.04 bits per heavy atom. The summed E-state index contributed by atoms with van der Waals surface area (Å²) in [7, 11) is -3.60. The predicted molar refractivity (Wildman–Crippen MR) is 102 cm³/mol. The smallest absolute Gasteiger partial charge is 0.282 e. The van der Waals surface area contributed by atoms with Crippen molar-refractivity contribution in [1.82, 2.24) is 13.5 Å². The summed E-state index contributed by atoms with van der Waals surface area (Å²) in [4.78, 5) is 14.5. The molecule has 0 unspecified atom stereocenters. The van der Waals surface area contributed by atoms with Gasteiger partial charge in [-0.05, 0) is 45.1 Å². The first-order valence-electron chi connectivity index (χ1n) is 9.48. The molecule has 1 atom stereocenters. The summed E-state index contributed by atoms with van der Waals surface area (Å²) >= 11 is 0. The van der Waals surface area contributed by atoms with Crippen molar-refractivity contribution in [2.24, 2.45) is 0 Å². The highest BCUT2D eigenvalue weighted by molar-refractivity contribution is 7.86. The van der Waals surface area contributed by atoms with Gasteiger partial charge in [0.25, 0.3) is 10.2 Å². The van der Waals surface area contributed by atoms with E-state index in [1.54, 1.807) is 0 Å².